The molecule has 3 fully saturated rings. The Kier molecular flexibility index (Phi) is 5.95. The van der Waals surface area contributed by atoms with E-state index in [0.29, 0.717) is 23.3 Å². The Balaban J connectivity index is 1.61. The fraction of sp³-hybridized carbons (Fsp3) is 0.692. The van der Waals surface area contributed by atoms with E-state index < -0.39 is 0 Å². The lowest BCUT2D eigenvalue weighted by Crippen LogP contribution is -2.52. The normalized spacial score (nSPS) is 32.0. The van der Waals surface area contributed by atoms with Gasteiger partial charge < -0.3 is 9.80 Å². The highest BCUT2D eigenvalue weighted by Crippen LogP contribution is 2.53. The minimum atomic E-state index is -0.354. The van der Waals surface area contributed by atoms with Gasteiger partial charge in [-0.3, -0.25) is 9.59 Å². The van der Waals surface area contributed by atoms with Gasteiger partial charge in [0.05, 0.1) is 5.37 Å². The molecule has 1 aromatic rings. The molecule has 4 atom stereocenters. The molecule has 0 spiro atoms. The summed E-state index contributed by atoms with van der Waals surface area (Å²) in [6.07, 6.45) is 4.25. The minimum absolute atomic E-state index is 0.00594. The number of benzene rings is 1. The van der Waals surface area contributed by atoms with Gasteiger partial charge in [-0.25, -0.2) is 0 Å². The van der Waals surface area contributed by atoms with Gasteiger partial charge in [-0.05, 0) is 61.5 Å². The number of nitrogens with zero attached hydrogens (tertiary/aromatic N) is 2. The van der Waals surface area contributed by atoms with Gasteiger partial charge >= 0.3 is 0 Å². The van der Waals surface area contributed by atoms with E-state index in [1.807, 2.05) is 36.1 Å². The van der Waals surface area contributed by atoms with Crippen molar-refractivity contribution in [3.05, 3.63) is 35.4 Å². The van der Waals surface area contributed by atoms with Crippen molar-refractivity contribution in [2.75, 3.05) is 12.3 Å². The van der Waals surface area contributed by atoms with E-state index in [1.165, 1.54) is 6.42 Å². The van der Waals surface area contributed by atoms with Crippen LogP contribution < -0.4 is 0 Å². The molecule has 3 aliphatic rings. The summed E-state index contributed by atoms with van der Waals surface area (Å²) in [6.45, 7) is 14.2. The summed E-state index contributed by atoms with van der Waals surface area (Å²) in [4.78, 5) is 31.6. The molecule has 2 saturated heterocycles. The van der Waals surface area contributed by atoms with Gasteiger partial charge in [-0.2, -0.15) is 0 Å². The van der Waals surface area contributed by atoms with Crippen molar-refractivity contribution in [1.29, 1.82) is 0 Å². The predicted octanol–water partition coefficient (Wildman–Crippen LogP) is 5.35. The molecule has 1 aliphatic carbocycles. The fourth-order valence-electron chi connectivity index (χ4n) is 6.45. The molecular formula is C26H38N2O2S. The molecule has 2 bridgehead atoms. The molecule has 1 aromatic carbocycles. The fourth-order valence-corrected chi connectivity index (χ4v) is 8.08. The topological polar surface area (TPSA) is 40.6 Å². The van der Waals surface area contributed by atoms with E-state index in [0.717, 1.165) is 31.4 Å². The quantitative estimate of drug-likeness (QED) is 0.631. The predicted molar refractivity (Wildman–Crippen MR) is 128 cm³/mol. The molecule has 4 unspecified atom stereocenters. The van der Waals surface area contributed by atoms with Crippen LogP contribution in [0.5, 0.6) is 0 Å². The molecule has 0 N–H and O–H groups in total. The summed E-state index contributed by atoms with van der Waals surface area (Å²) < 4.78 is 0. The van der Waals surface area contributed by atoms with Crippen LogP contribution in [0, 0.1) is 23.7 Å². The lowest BCUT2D eigenvalue weighted by Gasteiger charge is -2.39. The van der Waals surface area contributed by atoms with Crippen molar-refractivity contribution >= 4 is 23.6 Å². The van der Waals surface area contributed by atoms with Crippen molar-refractivity contribution < 1.29 is 9.59 Å². The first-order valence-electron chi connectivity index (χ1n) is 11.8. The second-order valence-corrected chi connectivity index (χ2v) is 12.9. The Hall–Kier alpha value is -1.49. The van der Waals surface area contributed by atoms with Gasteiger partial charge in [-0.1, -0.05) is 52.3 Å². The third kappa shape index (κ3) is 4.53. The van der Waals surface area contributed by atoms with Gasteiger partial charge in [0, 0.05) is 23.9 Å². The molecule has 0 aromatic heterocycles. The maximum atomic E-state index is 13.9. The number of amides is 2. The maximum Gasteiger partial charge on any atom is 0.255 e. The average molecular weight is 443 g/mol. The smallest absolute Gasteiger partial charge is 0.255 e. The Bertz CT molecular complexity index is 867. The van der Waals surface area contributed by atoms with E-state index in [9.17, 15) is 9.59 Å². The number of aryl methyl sites for hydroxylation is 1. The minimum Gasteiger partial charge on any atom is -0.337 e. The zero-order chi connectivity index (χ0) is 22.6. The van der Waals surface area contributed by atoms with Crippen LogP contribution in [0.2, 0.25) is 0 Å². The Morgan fingerprint density at radius 3 is 2.61 bits per heavy atom. The molecule has 4 nitrogen and oxygen atoms in total. The van der Waals surface area contributed by atoms with Crippen LogP contribution in [0.4, 0.5) is 0 Å². The summed E-state index contributed by atoms with van der Waals surface area (Å²) in [5.41, 5.74) is 2.25. The number of carbonyl (C=O) groups is 2. The molecule has 31 heavy (non-hydrogen) atoms. The van der Waals surface area contributed by atoms with E-state index in [-0.39, 0.29) is 34.1 Å². The third-order valence-electron chi connectivity index (χ3n) is 7.25. The third-order valence-corrected chi connectivity index (χ3v) is 8.56. The van der Waals surface area contributed by atoms with Gasteiger partial charge in [0.25, 0.3) is 5.91 Å². The number of rotatable bonds is 4. The van der Waals surface area contributed by atoms with Gasteiger partial charge in [-0.15, -0.1) is 11.8 Å². The Labute approximate surface area is 192 Å². The molecule has 2 heterocycles. The zero-order valence-corrected chi connectivity index (χ0v) is 20.8. The van der Waals surface area contributed by atoms with Gasteiger partial charge in [0.15, 0.2) is 0 Å². The number of fused-ring (bicyclic) bond motifs is 2. The summed E-state index contributed by atoms with van der Waals surface area (Å²) >= 11 is 1.78. The highest BCUT2D eigenvalue weighted by atomic mass is 32.2. The Morgan fingerprint density at radius 2 is 1.94 bits per heavy atom. The summed E-state index contributed by atoms with van der Waals surface area (Å²) in [7, 11) is 0. The van der Waals surface area contributed by atoms with Crippen LogP contribution in [-0.2, 0) is 4.79 Å². The molecule has 1 saturated carbocycles. The van der Waals surface area contributed by atoms with E-state index in [1.54, 1.807) is 11.8 Å². The largest absolute Gasteiger partial charge is 0.337 e. The van der Waals surface area contributed by atoms with Crippen LogP contribution in [0.3, 0.4) is 0 Å². The number of thioether (sulfide) groups is 1. The molecule has 4 rings (SSSR count). The molecule has 2 amide bonds. The molecule has 5 heteroatoms. The number of carbonyl (C=O) groups excluding carboxylic acids is 2. The van der Waals surface area contributed by atoms with Crippen LogP contribution >= 0.6 is 11.8 Å². The van der Waals surface area contributed by atoms with Crippen LogP contribution in [0.25, 0.3) is 0 Å². The summed E-state index contributed by atoms with van der Waals surface area (Å²) in [5, 5.41) is 0.0657. The van der Waals surface area contributed by atoms with Gasteiger partial charge in [0.2, 0.25) is 5.91 Å². The number of hydrogen-bond acceptors (Lipinski definition) is 3. The number of hydrogen-bond donors (Lipinski definition) is 0. The molecule has 2 aliphatic heterocycles. The first-order chi connectivity index (χ1) is 14.5. The average Bonchev–Trinajstić information content (AvgIpc) is 3.17. The lowest BCUT2D eigenvalue weighted by molar-refractivity contribution is -0.136. The molecular weight excluding hydrogens is 404 g/mol. The highest BCUT2D eigenvalue weighted by Gasteiger charge is 2.53. The van der Waals surface area contributed by atoms with Gasteiger partial charge in [0.1, 0.15) is 6.04 Å². The Morgan fingerprint density at radius 1 is 1.19 bits per heavy atom. The zero-order valence-electron chi connectivity index (χ0n) is 20.0. The van der Waals surface area contributed by atoms with E-state index in [4.69, 9.17) is 0 Å². The first-order valence-corrected chi connectivity index (χ1v) is 12.8. The van der Waals surface area contributed by atoms with E-state index in [2.05, 4.69) is 39.5 Å². The standard InChI is InChI=1S/C26H38N2O2S/c1-17(2)10-22-28(23(29)19-9-7-8-18(3)11-19)21(14-31-22)24(30)27-16-26(6)13-20(27)12-25(4,5)15-26/h7-9,11,17,20-22H,10,12-16H2,1-6H3. The van der Waals surface area contributed by atoms with E-state index >= 15 is 0 Å². The molecule has 0 radical (unpaired) electrons. The second-order valence-electron chi connectivity index (χ2n) is 11.7. The maximum absolute atomic E-state index is 13.9. The SMILES string of the molecule is Cc1cccc(C(=O)N2C(CC(C)C)SCC2C(=O)N2CC3(C)CC2CC(C)(C)C3)c1. The highest BCUT2D eigenvalue weighted by molar-refractivity contribution is 8.00. The first kappa shape index (κ1) is 22.7. The summed E-state index contributed by atoms with van der Waals surface area (Å²) in [5.74, 6) is 1.36. The monoisotopic (exact) mass is 442 g/mol. The van der Waals surface area contributed by atoms with Crippen molar-refractivity contribution in [1.82, 2.24) is 9.80 Å². The van der Waals surface area contributed by atoms with Crippen molar-refractivity contribution in [2.24, 2.45) is 16.7 Å². The lowest BCUT2D eigenvalue weighted by atomic mass is 9.65. The van der Waals surface area contributed by atoms with Crippen molar-refractivity contribution in [3.63, 3.8) is 0 Å². The summed E-state index contributed by atoms with van der Waals surface area (Å²) in [6, 6.07) is 7.74. The van der Waals surface area contributed by atoms with Crippen LogP contribution in [0.15, 0.2) is 24.3 Å². The van der Waals surface area contributed by atoms with Crippen molar-refractivity contribution in [3.8, 4) is 0 Å². The molecule has 170 valence electrons. The van der Waals surface area contributed by atoms with Crippen molar-refractivity contribution in [2.45, 2.75) is 84.7 Å². The number of likely N-dealkylation sites (tertiary alicyclic amines) is 1. The second kappa shape index (κ2) is 8.13. The van der Waals surface area contributed by atoms with Crippen LogP contribution in [0.1, 0.15) is 76.2 Å². The van der Waals surface area contributed by atoms with Crippen LogP contribution in [-0.4, -0.2) is 51.4 Å².